The first-order valence-electron chi connectivity index (χ1n) is 9.20. The summed E-state index contributed by atoms with van der Waals surface area (Å²) in [7, 11) is 0. The second-order valence-electron chi connectivity index (χ2n) is 7.35. The van der Waals surface area contributed by atoms with Crippen molar-refractivity contribution in [3.63, 3.8) is 0 Å². The Morgan fingerprint density at radius 3 is 3.00 bits per heavy atom. The van der Waals surface area contributed by atoms with Crippen molar-refractivity contribution in [2.45, 2.75) is 43.7 Å². The number of pyridine rings is 1. The van der Waals surface area contributed by atoms with Crippen molar-refractivity contribution in [2.24, 2.45) is 0 Å². The van der Waals surface area contributed by atoms with Crippen molar-refractivity contribution in [2.75, 3.05) is 37.7 Å². The largest absolute Gasteiger partial charge is 0.371 e. The van der Waals surface area contributed by atoms with Crippen molar-refractivity contribution in [1.29, 1.82) is 0 Å². The summed E-state index contributed by atoms with van der Waals surface area (Å²) in [5, 5.41) is 3.11. The molecule has 0 radical (unpaired) electrons. The van der Waals surface area contributed by atoms with Crippen LogP contribution in [0.2, 0.25) is 0 Å². The average Bonchev–Trinajstić information content (AvgIpc) is 3.25. The maximum Gasteiger partial charge on any atom is 0.317 e. The fourth-order valence-corrected chi connectivity index (χ4v) is 4.29. The van der Waals surface area contributed by atoms with E-state index >= 15 is 0 Å². The molecule has 1 aromatic rings. The Hall–Kier alpha value is -1.89. The summed E-state index contributed by atoms with van der Waals surface area (Å²) in [6.07, 6.45) is 6.86. The number of nitrogens with one attached hydrogen (secondary N) is 1. The summed E-state index contributed by atoms with van der Waals surface area (Å²) in [5.74, 6) is 0.0568. The average molecular weight is 348 g/mol. The van der Waals surface area contributed by atoms with Gasteiger partial charge < -0.3 is 19.9 Å². The molecule has 1 spiro atoms. The van der Waals surface area contributed by atoms with Crippen LogP contribution in [0, 0.1) is 5.82 Å². The minimum Gasteiger partial charge on any atom is -0.371 e. The maximum absolute atomic E-state index is 13.9. The Labute approximate surface area is 147 Å². The fraction of sp³-hybridized carbons (Fsp3) is 0.667. The number of carbonyl (C=O) groups excluding carboxylic acids is 1. The lowest BCUT2D eigenvalue weighted by molar-refractivity contribution is -0.0926. The van der Waals surface area contributed by atoms with Gasteiger partial charge in [-0.05, 0) is 31.4 Å². The van der Waals surface area contributed by atoms with Gasteiger partial charge >= 0.3 is 6.03 Å². The molecule has 1 atom stereocenters. The van der Waals surface area contributed by atoms with Gasteiger partial charge in [-0.1, -0.05) is 12.8 Å². The van der Waals surface area contributed by atoms with Crippen molar-refractivity contribution in [3.8, 4) is 0 Å². The Morgan fingerprint density at radius 1 is 1.36 bits per heavy atom. The summed E-state index contributed by atoms with van der Waals surface area (Å²) < 4.78 is 19.9. The van der Waals surface area contributed by atoms with Crippen LogP contribution in [0.1, 0.15) is 32.1 Å². The summed E-state index contributed by atoms with van der Waals surface area (Å²) in [6.45, 7) is 3.23. The molecule has 25 heavy (non-hydrogen) atoms. The molecule has 136 valence electrons. The van der Waals surface area contributed by atoms with Crippen molar-refractivity contribution >= 4 is 11.8 Å². The standard InChI is InChI=1S/C18H25FN4O2/c19-15-4-3-8-20-16(15)22-9-5-14(12-22)21-17(24)23-10-11-25-18(13-23)6-1-2-7-18/h3-4,8,14H,1-2,5-7,9-13H2,(H,21,24)/t14-/m1/s1. The molecule has 4 rings (SSSR count). The lowest BCUT2D eigenvalue weighted by Gasteiger charge is -2.40. The van der Waals surface area contributed by atoms with E-state index in [0.717, 1.165) is 19.3 Å². The van der Waals surface area contributed by atoms with Crippen LogP contribution in [0.25, 0.3) is 0 Å². The van der Waals surface area contributed by atoms with Gasteiger partial charge in [0.25, 0.3) is 0 Å². The van der Waals surface area contributed by atoms with Gasteiger partial charge in [-0.25, -0.2) is 14.2 Å². The summed E-state index contributed by atoms with van der Waals surface area (Å²) in [6, 6.07) is 3.01. The van der Waals surface area contributed by atoms with E-state index in [2.05, 4.69) is 10.3 Å². The third kappa shape index (κ3) is 3.42. The third-order valence-corrected chi connectivity index (χ3v) is 5.60. The highest BCUT2D eigenvalue weighted by atomic mass is 19.1. The molecule has 1 aromatic heterocycles. The number of rotatable bonds is 2. The number of hydrogen-bond acceptors (Lipinski definition) is 4. The van der Waals surface area contributed by atoms with Crippen molar-refractivity contribution in [3.05, 3.63) is 24.1 Å². The van der Waals surface area contributed by atoms with Crippen LogP contribution >= 0.6 is 0 Å². The molecule has 1 saturated carbocycles. The van der Waals surface area contributed by atoms with E-state index < -0.39 is 0 Å². The van der Waals surface area contributed by atoms with Crippen LogP contribution in [0.3, 0.4) is 0 Å². The molecule has 0 unspecified atom stereocenters. The first kappa shape index (κ1) is 16.6. The predicted octanol–water partition coefficient (Wildman–Crippen LogP) is 2.15. The van der Waals surface area contributed by atoms with E-state index in [1.807, 2.05) is 9.80 Å². The number of morpholine rings is 1. The van der Waals surface area contributed by atoms with Crippen LogP contribution in [0.5, 0.6) is 0 Å². The van der Waals surface area contributed by atoms with Crippen LogP contribution < -0.4 is 10.2 Å². The molecular weight excluding hydrogens is 323 g/mol. The van der Waals surface area contributed by atoms with Gasteiger partial charge in [-0.2, -0.15) is 0 Å². The van der Waals surface area contributed by atoms with Gasteiger partial charge in [0, 0.05) is 31.9 Å². The molecule has 0 bridgehead atoms. The van der Waals surface area contributed by atoms with Gasteiger partial charge in [0.2, 0.25) is 0 Å². The first-order valence-corrected chi connectivity index (χ1v) is 9.20. The molecule has 1 aliphatic carbocycles. The summed E-state index contributed by atoms with van der Waals surface area (Å²) in [4.78, 5) is 20.6. The molecule has 3 heterocycles. The molecule has 2 saturated heterocycles. The smallest absolute Gasteiger partial charge is 0.317 e. The number of anilines is 1. The van der Waals surface area contributed by atoms with Crippen LogP contribution in [-0.2, 0) is 4.74 Å². The summed E-state index contributed by atoms with van der Waals surface area (Å²) in [5.41, 5.74) is -0.117. The number of halogens is 1. The van der Waals surface area contributed by atoms with Crippen molar-refractivity contribution in [1.82, 2.24) is 15.2 Å². The number of hydrogen-bond donors (Lipinski definition) is 1. The Bertz CT molecular complexity index is 635. The topological polar surface area (TPSA) is 57.7 Å². The minimum atomic E-state index is -0.314. The number of carbonyl (C=O) groups is 1. The lowest BCUT2D eigenvalue weighted by atomic mass is 10.00. The third-order valence-electron chi connectivity index (χ3n) is 5.60. The number of amides is 2. The fourth-order valence-electron chi connectivity index (χ4n) is 4.29. The highest BCUT2D eigenvalue weighted by molar-refractivity contribution is 5.75. The van der Waals surface area contributed by atoms with E-state index in [4.69, 9.17) is 4.74 Å². The second-order valence-corrected chi connectivity index (χ2v) is 7.35. The predicted molar refractivity (Wildman–Crippen MR) is 92.1 cm³/mol. The minimum absolute atomic E-state index is 0.0243. The van der Waals surface area contributed by atoms with E-state index in [1.165, 1.54) is 18.9 Å². The molecule has 0 aromatic carbocycles. The van der Waals surface area contributed by atoms with E-state index in [0.29, 0.717) is 38.6 Å². The van der Waals surface area contributed by atoms with Gasteiger partial charge in [-0.15, -0.1) is 0 Å². The molecule has 2 amide bonds. The highest BCUT2D eigenvalue weighted by Crippen LogP contribution is 2.35. The van der Waals surface area contributed by atoms with Gasteiger partial charge in [-0.3, -0.25) is 0 Å². The normalized spacial score (nSPS) is 25.6. The molecular formula is C18H25FN4O2. The van der Waals surface area contributed by atoms with Crippen LogP contribution in [0.4, 0.5) is 15.0 Å². The van der Waals surface area contributed by atoms with Gasteiger partial charge in [0.15, 0.2) is 11.6 Å². The van der Waals surface area contributed by atoms with Crippen LogP contribution in [0.15, 0.2) is 18.3 Å². The zero-order chi connectivity index (χ0) is 17.3. The van der Waals surface area contributed by atoms with E-state index in [9.17, 15) is 9.18 Å². The van der Waals surface area contributed by atoms with E-state index in [1.54, 1.807) is 12.3 Å². The molecule has 1 N–H and O–H groups in total. The number of nitrogens with zero attached hydrogens (tertiary/aromatic N) is 3. The highest BCUT2D eigenvalue weighted by Gasteiger charge is 2.41. The van der Waals surface area contributed by atoms with Gasteiger partial charge in [0.05, 0.1) is 18.8 Å². The quantitative estimate of drug-likeness (QED) is 0.890. The van der Waals surface area contributed by atoms with Crippen LogP contribution in [-0.4, -0.2) is 60.3 Å². The monoisotopic (exact) mass is 348 g/mol. The zero-order valence-corrected chi connectivity index (χ0v) is 14.4. The molecule has 3 fully saturated rings. The number of aromatic nitrogens is 1. The Kier molecular flexibility index (Phi) is 4.50. The zero-order valence-electron chi connectivity index (χ0n) is 14.4. The maximum atomic E-state index is 13.9. The molecule has 6 nitrogen and oxygen atoms in total. The lowest BCUT2D eigenvalue weighted by Crippen LogP contribution is -2.56. The SMILES string of the molecule is O=C(N[C@@H]1CCN(c2ncccc2F)C1)N1CCOC2(CCCC2)C1. The van der Waals surface area contributed by atoms with Crippen molar-refractivity contribution < 1.29 is 13.9 Å². The molecule has 2 aliphatic heterocycles. The van der Waals surface area contributed by atoms with E-state index in [-0.39, 0.29) is 23.5 Å². The number of urea groups is 1. The summed E-state index contributed by atoms with van der Waals surface area (Å²) >= 11 is 0. The Balaban J connectivity index is 1.33. The van der Waals surface area contributed by atoms with Gasteiger partial charge in [0.1, 0.15) is 0 Å². The molecule has 7 heteroatoms. The first-order chi connectivity index (χ1) is 12.2. The Morgan fingerprint density at radius 2 is 2.20 bits per heavy atom. The second kappa shape index (κ2) is 6.78. The molecule has 3 aliphatic rings. The number of ether oxygens (including phenoxy) is 1.